The Morgan fingerprint density at radius 2 is 2.00 bits per heavy atom. The molecule has 1 unspecified atom stereocenters. The molecule has 0 radical (unpaired) electrons. The first kappa shape index (κ1) is 22.9. The van der Waals surface area contributed by atoms with Crippen molar-refractivity contribution in [3.63, 3.8) is 0 Å². The number of benzene rings is 2. The molecule has 1 N–H and O–H groups in total. The molecule has 1 aliphatic rings. The van der Waals surface area contributed by atoms with Gasteiger partial charge in [0.15, 0.2) is 11.0 Å². The minimum absolute atomic E-state index is 0.101. The number of amides is 2. The number of para-hydroxylation sites is 2. The highest BCUT2D eigenvalue weighted by atomic mass is 32.2. The Morgan fingerprint density at radius 3 is 2.80 bits per heavy atom. The third-order valence-corrected chi connectivity index (χ3v) is 6.79. The normalized spacial score (nSPS) is 15.4. The quantitative estimate of drug-likeness (QED) is 0.395. The number of carbonyl (C=O) groups is 2. The molecule has 0 saturated heterocycles. The molecule has 2 aromatic heterocycles. The van der Waals surface area contributed by atoms with E-state index in [2.05, 4.69) is 21.6 Å². The Hall–Kier alpha value is -3.85. The molecule has 2 aromatic carbocycles. The number of thioether (sulfide) groups is 1. The first-order chi connectivity index (χ1) is 17.0. The van der Waals surface area contributed by atoms with E-state index in [1.165, 1.54) is 11.8 Å². The van der Waals surface area contributed by atoms with E-state index >= 15 is 0 Å². The van der Waals surface area contributed by atoms with Crippen LogP contribution >= 0.6 is 11.8 Å². The second-order valence-corrected chi connectivity index (χ2v) is 9.45. The summed E-state index contributed by atoms with van der Waals surface area (Å²) in [7, 11) is 0. The van der Waals surface area contributed by atoms with Gasteiger partial charge in [0, 0.05) is 18.0 Å². The van der Waals surface area contributed by atoms with E-state index in [0.717, 1.165) is 16.9 Å². The van der Waals surface area contributed by atoms with Gasteiger partial charge in [0.25, 0.3) is 0 Å². The maximum absolute atomic E-state index is 13.4. The van der Waals surface area contributed by atoms with E-state index in [1.807, 2.05) is 73.0 Å². The highest BCUT2D eigenvalue weighted by Gasteiger charge is 2.30. The van der Waals surface area contributed by atoms with Crippen molar-refractivity contribution in [2.24, 2.45) is 0 Å². The van der Waals surface area contributed by atoms with Crippen molar-refractivity contribution in [2.45, 2.75) is 38.0 Å². The van der Waals surface area contributed by atoms with Crippen molar-refractivity contribution in [1.82, 2.24) is 14.8 Å². The van der Waals surface area contributed by atoms with E-state index in [0.29, 0.717) is 28.9 Å². The van der Waals surface area contributed by atoms with Crippen molar-refractivity contribution in [2.75, 3.05) is 16.0 Å². The molecule has 35 heavy (non-hydrogen) atoms. The van der Waals surface area contributed by atoms with Gasteiger partial charge in [-0.3, -0.25) is 14.2 Å². The molecule has 0 spiro atoms. The number of nitrogens with zero attached hydrogens (tertiary/aromatic N) is 4. The molecule has 3 heterocycles. The van der Waals surface area contributed by atoms with E-state index in [-0.39, 0.29) is 30.0 Å². The van der Waals surface area contributed by atoms with Gasteiger partial charge >= 0.3 is 0 Å². The standard InChI is InChI=1S/C26H25N5O3S/c1-17-7-5-8-19(13-17)25-28-29-26(30(25)15-20-9-6-12-34-20)35-16-24(33)31-18(2)14-23(32)27-21-10-3-4-11-22(21)31/h3-13,18H,14-16H2,1-2H3,(H,27,32). The molecular formula is C26H25N5O3S. The summed E-state index contributed by atoms with van der Waals surface area (Å²) in [6.45, 7) is 4.37. The Morgan fingerprint density at radius 1 is 1.14 bits per heavy atom. The fraction of sp³-hybridized carbons (Fsp3) is 0.231. The summed E-state index contributed by atoms with van der Waals surface area (Å²) in [4.78, 5) is 27.4. The molecule has 9 heteroatoms. The van der Waals surface area contributed by atoms with E-state index in [1.54, 1.807) is 11.2 Å². The molecule has 178 valence electrons. The zero-order valence-corrected chi connectivity index (χ0v) is 20.3. The average Bonchev–Trinajstić information content (AvgIpc) is 3.46. The summed E-state index contributed by atoms with van der Waals surface area (Å²) in [6, 6.07) is 18.9. The van der Waals surface area contributed by atoms with E-state index in [4.69, 9.17) is 4.42 Å². The summed E-state index contributed by atoms with van der Waals surface area (Å²) in [6.07, 6.45) is 1.87. The molecule has 2 amide bonds. The number of carbonyl (C=O) groups excluding carboxylic acids is 2. The lowest BCUT2D eigenvalue weighted by molar-refractivity contribution is -0.117. The molecule has 0 aliphatic carbocycles. The molecule has 8 nitrogen and oxygen atoms in total. The van der Waals surface area contributed by atoms with Crippen molar-refractivity contribution in [1.29, 1.82) is 0 Å². The number of anilines is 2. The number of furan rings is 1. The maximum atomic E-state index is 13.4. The van der Waals surface area contributed by atoms with Gasteiger partial charge in [0.05, 0.1) is 29.9 Å². The van der Waals surface area contributed by atoms with Crippen molar-refractivity contribution in [3.05, 3.63) is 78.3 Å². The van der Waals surface area contributed by atoms with Gasteiger partial charge in [-0.05, 0) is 44.2 Å². The second kappa shape index (κ2) is 9.79. The van der Waals surface area contributed by atoms with Gasteiger partial charge < -0.3 is 14.6 Å². The van der Waals surface area contributed by atoms with Crippen LogP contribution in [0, 0.1) is 6.92 Å². The van der Waals surface area contributed by atoms with E-state index < -0.39 is 0 Å². The van der Waals surface area contributed by atoms with Crippen LogP contribution in [0.1, 0.15) is 24.7 Å². The highest BCUT2D eigenvalue weighted by Crippen LogP contribution is 2.33. The smallest absolute Gasteiger partial charge is 0.237 e. The Kier molecular flexibility index (Phi) is 6.41. The van der Waals surface area contributed by atoms with Crippen molar-refractivity contribution in [3.8, 4) is 11.4 Å². The molecular weight excluding hydrogens is 462 g/mol. The summed E-state index contributed by atoms with van der Waals surface area (Å²) >= 11 is 1.33. The Bertz CT molecular complexity index is 1370. The van der Waals surface area contributed by atoms with Crippen LogP contribution < -0.4 is 10.2 Å². The first-order valence-electron chi connectivity index (χ1n) is 11.4. The largest absolute Gasteiger partial charge is 0.467 e. The SMILES string of the molecule is Cc1cccc(-c2nnc(SCC(=O)N3c4ccccc4NC(=O)CC3C)n2Cc2ccco2)c1. The third-order valence-electron chi connectivity index (χ3n) is 5.84. The molecule has 1 atom stereocenters. The van der Waals surface area contributed by atoms with Gasteiger partial charge in [-0.2, -0.15) is 0 Å². The fourth-order valence-corrected chi connectivity index (χ4v) is 5.05. The van der Waals surface area contributed by atoms with Crippen molar-refractivity contribution < 1.29 is 14.0 Å². The van der Waals surface area contributed by atoms with Crippen LogP contribution in [-0.2, 0) is 16.1 Å². The van der Waals surface area contributed by atoms with Gasteiger partial charge in [-0.15, -0.1) is 10.2 Å². The summed E-state index contributed by atoms with van der Waals surface area (Å²) < 4.78 is 7.54. The predicted octanol–water partition coefficient (Wildman–Crippen LogP) is 4.75. The van der Waals surface area contributed by atoms with Crippen molar-refractivity contribution >= 4 is 35.0 Å². The van der Waals surface area contributed by atoms with Crippen LogP contribution in [0.4, 0.5) is 11.4 Å². The minimum atomic E-state index is -0.268. The van der Waals surface area contributed by atoms with E-state index in [9.17, 15) is 9.59 Å². The van der Waals surface area contributed by atoms with Gasteiger partial charge in [-0.25, -0.2) is 0 Å². The topological polar surface area (TPSA) is 93.3 Å². The van der Waals surface area contributed by atoms with Gasteiger partial charge in [0.2, 0.25) is 11.8 Å². The Balaban J connectivity index is 1.42. The van der Waals surface area contributed by atoms with Gasteiger partial charge in [-0.1, -0.05) is 47.7 Å². The fourth-order valence-electron chi connectivity index (χ4n) is 4.26. The molecule has 0 bridgehead atoms. The van der Waals surface area contributed by atoms with Crippen LogP contribution in [0.5, 0.6) is 0 Å². The lowest BCUT2D eigenvalue weighted by Crippen LogP contribution is -2.40. The summed E-state index contributed by atoms with van der Waals surface area (Å²) in [5.41, 5.74) is 3.41. The van der Waals surface area contributed by atoms with Crippen LogP contribution in [-0.4, -0.2) is 38.4 Å². The van der Waals surface area contributed by atoms with Crippen LogP contribution in [0.25, 0.3) is 11.4 Å². The minimum Gasteiger partial charge on any atom is -0.467 e. The van der Waals surface area contributed by atoms with Crippen LogP contribution in [0.15, 0.2) is 76.5 Å². The number of fused-ring (bicyclic) bond motifs is 1. The second-order valence-electron chi connectivity index (χ2n) is 8.51. The Labute approximate surface area is 207 Å². The zero-order chi connectivity index (χ0) is 24.4. The summed E-state index contributed by atoms with van der Waals surface area (Å²) in [5.74, 6) is 1.43. The number of hydrogen-bond acceptors (Lipinski definition) is 6. The molecule has 1 aliphatic heterocycles. The average molecular weight is 488 g/mol. The van der Waals surface area contributed by atoms with Gasteiger partial charge in [0.1, 0.15) is 5.76 Å². The number of aromatic nitrogens is 3. The summed E-state index contributed by atoms with van der Waals surface area (Å²) in [5, 5.41) is 12.4. The molecule has 0 saturated carbocycles. The lowest BCUT2D eigenvalue weighted by Gasteiger charge is -2.27. The molecule has 0 fully saturated rings. The maximum Gasteiger partial charge on any atom is 0.237 e. The third kappa shape index (κ3) is 4.85. The highest BCUT2D eigenvalue weighted by molar-refractivity contribution is 7.99. The lowest BCUT2D eigenvalue weighted by atomic mass is 10.1. The van der Waals surface area contributed by atoms with Crippen LogP contribution in [0.2, 0.25) is 0 Å². The zero-order valence-electron chi connectivity index (χ0n) is 19.5. The number of rotatable bonds is 6. The van der Waals surface area contributed by atoms with Crippen LogP contribution in [0.3, 0.4) is 0 Å². The molecule has 5 rings (SSSR count). The molecule has 4 aromatic rings. The number of aryl methyl sites for hydroxylation is 1. The monoisotopic (exact) mass is 487 g/mol. The first-order valence-corrected chi connectivity index (χ1v) is 12.3. The number of hydrogen-bond donors (Lipinski definition) is 1. The number of nitrogens with one attached hydrogen (secondary N) is 1. The predicted molar refractivity (Wildman–Crippen MR) is 135 cm³/mol.